The molecule has 0 bridgehead atoms. The first-order valence-electron chi connectivity index (χ1n) is 32.2. The van der Waals surface area contributed by atoms with Crippen LogP contribution in [0.5, 0.6) is 0 Å². The summed E-state index contributed by atoms with van der Waals surface area (Å²) >= 11 is 0. The molecule has 3 saturated heterocycles. The third kappa shape index (κ3) is 19.3. The van der Waals surface area contributed by atoms with Gasteiger partial charge in [0.05, 0.1) is 38.2 Å². The second kappa shape index (κ2) is 32.9. The molecule has 6 unspecified atom stereocenters. The number of amides is 12. The minimum atomic E-state index is -5.00. The molecule has 92 heavy (non-hydrogen) atoms. The number of likely N-dealkylation sites (N-methyl/N-ethyl adjacent to an activating group) is 7. The van der Waals surface area contributed by atoms with Crippen LogP contribution in [-0.2, 0) is 70.1 Å². The Kier molecular flexibility index (Phi) is 26.9. The molecule has 5 rings (SSSR count). The van der Waals surface area contributed by atoms with Crippen molar-refractivity contribution in [2.75, 3.05) is 95.1 Å². The van der Waals surface area contributed by atoms with E-state index in [9.17, 15) is 65.5 Å². The first-order valence-corrected chi connectivity index (χ1v) is 32.2. The van der Waals surface area contributed by atoms with Crippen molar-refractivity contribution in [3.63, 3.8) is 0 Å². The zero-order chi connectivity index (χ0) is 68.9. The van der Waals surface area contributed by atoms with E-state index in [2.05, 4.69) is 16.0 Å². The fourth-order valence-corrected chi connectivity index (χ4v) is 12.5. The number of aryl methyl sites for hydroxylation is 1. The fraction of sp³-hybridized carbons (Fsp3) is 0.719. The van der Waals surface area contributed by atoms with Crippen molar-refractivity contribution < 1.29 is 75.1 Å². The molecule has 1 aromatic carbocycles. The molecule has 514 valence electrons. The summed E-state index contributed by atoms with van der Waals surface area (Å²) in [5, 5.41) is 8.43. The normalized spacial score (nSPS) is 25.1. The molecule has 0 aromatic heterocycles. The van der Waals surface area contributed by atoms with Crippen LogP contribution >= 0.6 is 0 Å². The Morgan fingerprint density at radius 2 is 1.17 bits per heavy atom. The molecule has 3 N–H and O–H groups in total. The number of benzene rings is 1. The Hall–Kier alpha value is -7.42. The van der Waals surface area contributed by atoms with Crippen LogP contribution in [0, 0.1) is 23.6 Å². The summed E-state index contributed by atoms with van der Waals surface area (Å²) < 4.78 is 55.5. The molecule has 0 radical (unpaired) electrons. The Morgan fingerprint density at radius 3 is 1.72 bits per heavy atom. The number of fused-ring (bicyclic) bond motifs is 1. The van der Waals surface area contributed by atoms with E-state index in [1.54, 1.807) is 11.8 Å². The van der Waals surface area contributed by atoms with Gasteiger partial charge in [0.25, 0.3) is 0 Å². The summed E-state index contributed by atoms with van der Waals surface area (Å²) in [5.41, 5.74) is -3.06. The smallest absolute Gasteiger partial charge is 0.343 e. The van der Waals surface area contributed by atoms with Gasteiger partial charge in [-0.1, -0.05) is 66.9 Å². The van der Waals surface area contributed by atoms with Gasteiger partial charge in [-0.05, 0) is 106 Å². The van der Waals surface area contributed by atoms with E-state index in [-0.39, 0.29) is 75.3 Å². The van der Waals surface area contributed by atoms with Crippen LogP contribution in [0.3, 0.4) is 0 Å². The summed E-state index contributed by atoms with van der Waals surface area (Å²) in [4.78, 5) is 184. The molecule has 28 heteroatoms. The number of carbonyl (C=O) groups is 12. The van der Waals surface area contributed by atoms with Gasteiger partial charge in [0.2, 0.25) is 70.9 Å². The SMILES string of the molecule is CC[C@H](C)C1NC(=O)C(CC(C)C)N(C)C(=O)CC(C(=O)N2CCCCC2)N(C)C(=O)C(CC(C)C)N(C)C(=O)C2(CCCC2)NC(=O)C2CCCN2C(=O)C(CCc2ccc(C(F)(F)F)c(F)c2)NC(=O)CN(C)C(=O)CN(C)C(=O)CN(C)C(=O)CN(C)C1=O. The van der Waals surface area contributed by atoms with E-state index in [0.29, 0.717) is 57.3 Å². The van der Waals surface area contributed by atoms with Crippen molar-refractivity contribution in [1.29, 1.82) is 0 Å². The Balaban J connectivity index is 1.58. The predicted octanol–water partition coefficient (Wildman–Crippen LogP) is 3.04. The van der Waals surface area contributed by atoms with Crippen molar-refractivity contribution in [1.82, 2.24) is 60.0 Å². The minimum Gasteiger partial charge on any atom is -0.343 e. The lowest BCUT2D eigenvalue weighted by Crippen LogP contribution is -2.64. The standard InChI is InChI=1S/C64H98F4N12O12/c1-14-41(6)55-61(91)75(10)38-54(85)74(9)37-53(84)73(8)36-52(83)72(7)35-50(81)69-45(25-23-42-22-24-43(44(65)33-42)64(66,67)68)58(88)80-30-20-21-46(80)57(87)71-63(26-16-17-27-63)62(92)78(13)48(32-40(4)5)59(89)77(12)49(60(90)79-28-18-15-19-29-79)34-51(82)76(11)47(31-39(2)3)56(86)70-55/h22,24,33,39-41,45-49,55H,14-21,23,25-32,34-38H2,1-13H3,(H,69,81)(H,70,86)(H,71,87)/t41-,45?,46?,47?,48?,49?,55?/m0/s1. The molecule has 12 amide bonds. The summed E-state index contributed by atoms with van der Waals surface area (Å²) in [5.74, 6) is -10.8. The fourth-order valence-electron chi connectivity index (χ4n) is 12.5. The number of rotatable bonds is 10. The molecule has 7 atom stereocenters. The number of piperidine rings is 1. The summed E-state index contributed by atoms with van der Waals surface area (Å²) in [6.45, 7) is 9.26. The van der Waals surface area contributed by atoms with Crippen molar-refractivity contribution in [3.8, 4) is 0 Å². The number of nitrogens with zero attached hydrogens (tertiary/aromatic N) is 9. The maximum Gasteiger partial charge on any atom is 0.419 e. The second-order valence-electron chi connectivity index (χ2n) is 26.5. The van der Waals surface area contributed by atoms with E-state index >= 15 is 9.59 Å². The average Bonchev–Trinajstić information content (AvgIpc) is 1.46. The molecule has 3 heterocycles. The Bertz CT molecular complexity index is 2860. The topological polar surface area (TPSA) is 270 Å². The molecule has 1 aromatic rings. The van der Waals surface area contributed by atoms with E-state index in [4.69, 9.17) is 0 Å². The number of nitrogens with one attached hydrogen (secondary N) is 3. The lowest BCUT2D eigenvalue weighted by atomic mass is 9.92. The van der Waals surface area contributed by atoms with E-state index in [1.807, 2.05) is 34.6 Å². The van der Waals surface area contributed by atoms with E-state index in [0.717, 1.165) is 32.1 Å². The number of alkyl halides is 3. The van der Waals surface area contributed by atoms with Gasteiger partial charge in [-0.2, -0.15) is 13.2 Å². The second-order valence-corrected chi connectivity index (χ2v) is 26.5. The van der Waals surface area contributed by atoms with Crippen LogP contribution in [0.1, 0.15) is 143 Å². The zero-order valence-electron chi connectivity index (χ0n) is 55.9. The lowest BCUT2D eigenvalue weighted by Gasteiger charge is -2.41. The highest BCUT2D eigenvalue weighted by molar-refractivity contribution is 6.00. The quantitative estimate of drug-likeness (QED) is 0.286. The highest BCUT2D eigenvalue weighted by Gasteiger charge is 2.50. The summed E-state index contributed by atoms with van der Waals surface area (Å²) in [7, 11) is 9.45. The molecule has 4 fully saturated rings. The third-order valence-corrected chi connectivity index (χ3v) is 18.5. The Labute approximate surface area is 538 Å². The predicted molar refractivity (Wildman–Crippen MR) is 331 cm³/mol. The van der Waals surface area contributed by atoms with Gasteiger partial charge in [0.15, 0.2) is 0 Å². The molecular formula is C64H98F4N12O12. The first kappa shape index (κ1) is 75.3. The van der Waals surface area contributed by atoms with Gasteiger partial charge in [0.1, 0.15) is 47.6 Å². The molecule has 1 aliphatic carbocycles. The molecule has 1 spiro atoms. The average molecular weight is 1300 g/mol. The van der Waals surface area contributed by atoms with Gasteiger partial charge in [-0.25, -0.2) is 4.39 Å². The van der Waals surface area contributed by atoms with Crippen molar-refractivity contribution in [3.05, 3.63) is 35.1 Å². The van der Waals surface area contributed by atoms with Gasteiger partial charge < -0.3 is 60.0 Å². The van der Waals surface area contributed by atoms with Crippen molar-refractivity contribution in [2.24, 2.45) is 17.8 Å². The van der Waals surface area contributed by atoms with Crippen LogP contribution in [-0.4, -0.2) is 252 Å². The monoisotopic (exact) mass is 1300 g/mol. The molecular weight excluding hydrogens is 1200 g/mol. The van der Waals surface area contributed by atoms with Crippen LogP contribution in [0.15, 0.2) is 18.2 Å². The highest BCUT2D eigenvalue weighted by Crippen LogP contribution is 2.35. The largest absolute Gasteiger partial charge is 0.419 e. The molecule has 1 saturated carbocycles. The van der Waals surface area contributed by atoms with Crippen LogP contribution < -0.4 is 16.0 Å². The van der Waals surface area contributed by atoms with Crippen LogP contribution in [0.2, 0.25) is 0 Å². The van der Waals surface area contributed by atoms with E-state index in [1.165, 1.54) is 68.9 Å². The van der Waals surface area contributed by atoms with Gasteiger partial charge in [-0.3, -0.25) is 57.5 Å². The molecule has 3 aliphatic heterocycles. The minimum absolute atomic E-state index is 0.00933. The van der Waals surface area contributed by atoms with Gasteiger partial charge >= 0.3 is 6.18 Å². The summed E-state index contributed by atoms with van der Waals surface area (Å²) in [6.07, 6.45) is -1.69. The first-order chi connectivity index (χ1) is 43.0. The lowest BCUT2D eigenvalue weighted by molar-refractivity contribution is -0.155. The zero-order valence-corrected chi connectivity index (χ0v) is 55.9. The Morgan fingerprint density at radius 1 is 0.620 bits per heavy atom. The van der Waals surface area contributed by atoms with Crippen LogP contribution in [0.25, 0.3) is 0 Å². The van der Waals surface area contributed by atoms with Crippen molar-refractivity contribution in [2.45, 2.75) is 186 Å². The highest BCUT2D eigenvalue weighted by atomic mass is 19.4. The number of carbonyl (C=O) groups excluding carboxylic acids is 12. The van der Waals surface area contributed by atoms with E-state index < -0.39 is 169 Å². The molecule has 24 nitrogen and oxygen atoms in total. The number of hydrogen-bond donors (Lipinski definition) is 3. The maximum atomic E-state index is 15.4. The van der Waals surface area contributed by atoms with Crippen LogP contribution in [0.4, 0.5) is 17.6 Å². The third-order valence-electron chi connectivity index (χ3n) is 18.5. The number of hydrogen-bond acceptors (Lipinski definition) is 12. The summed E-state index contributed by atoms with van der Waals surface area (Å²) in [6, 6.07) is -5.53. The maximum absolute atomic E-state index is 15.4. The number of likely N-dealkylation sites (tertiary alicyclic amines) is 1. The molecule has 4 aliphatic rings. The van der Waals surface area contributed by atoms with Gasteiger partial charge in [0, 0.05) is 69.0 Å². The van der Waals surface area contributed by atoms with Crippen molar-refractivity contribution >= 4 is 70.9 Å². The number of halogens is 4. The van der Waals surface area contributed by atoms with Gasteiger partial charge in [-0.15, -0.1) is 0 Å².